The van der Waals surface area contributed by atoms with Crippen LogP contribution in [-0.2, 0) is 13.0 Å². The zero-order valence-electron chi connectivity index (χ0n) is 11.2. The van der Waals surface area contributed by atoms with E-state index in [9.17, 15) is 0 Å². The molecule has 0 aliphatic heterocycles. The summed E-state index contributed by atoms with van der Waals surface area (Å²) in [6, 6.07) is 15.7. The topological polar surface area (TPSA) is 12.0 Å². The van der Waals surface area contributed by atoms with Gasteiger partial charge >= 0.3 is 0 Å². The fourth-order valence-electron chi connectivity index (χ4n) is 2.86. The number of benzene rings is 2. The number of hydrogen-bond donors (Lipinski definition) is 1. The Morgan fingerprint density at radius 2 is 1.90 bits per heavy atom. The van der Waals surface area contributed by atoms with E-state index in [0.29, 0.717) is 6.04 Å². The lowest BCUT2D eigenvalue weighted by Crippen LogP contribution is -2.24. The molecule has 1 atom stereocenters. The van der Waals surface area contributed by atoms with E-state index >= 15 is 0 Å². The van der Waals surface area contributed by atoms with Gasteiger partial charge < -0.3 is 5.32 Å². The van der Waals surface area contributed by atoms with Gasteiger partial charge in [0.2, 0.25) is 0 Å². The molecule has 3 heteroatoms. The highest BCUT2D eigenvalue weighted by Gasteiger charge is 2.18. The molecule has 0 fully saturated rings. The number of nitrogens with one attached hydrogen (secondary N) is 1. The molecule has 1 unspecified atom stereocenters. The van der Waals surface area contributed by atoms with Gasteiger partial charge in [-0.2, -0.15) is 0 Å². The van der Waals surface area contributed by atoms with E-state index in [-0.39, 0.29) is 0 Å². The van der Waals surface area contributed by atoms with Crippen LogP contribution in [0, 0.1) is 0 Å². The largest absolute Gasteiger partial charge is 0.306 e. The third-order valence-corrected chi connectivity index (χ3v) is 5.79. The lowest BCUT2D eigenvalue weighted by Gasteiger charge is -2.26. The second kappa shape index (κ2) is 6.42. The van der Waals surface area contributed by atoms with Crippen LogP contribution in [0.1, 0.15) is 35.6 Å². The predicted molar refractivity (Wildman–Crippen MR) is 90.8 cm³/mol. The SMILES string of the molecule is Brc1ccc(CNC2CCCc3ccccc32)cc1Br. The fraction of sp³-hybridized carbons (Fsp3) is 0.294. The van der Waals surface area contributed by atoms with E-state index in [1.54, 1.807) is 0 Å². The standard InChI is InChI=1S/C17H17Br2N/c18-15-9-8-12(10-16(15)19)11-20-17-7-3-5-13-4-1-2-6-14(13)17/h1-2,4,6,8-10,17,20H,3,5,7,11H2. The van der Waals surface area contributed by atoms with Crippen molar-refractivity contribution in [2.45, 2.75) is 31.8 Å². The van der Waals surface area contributed by atoms with E-state index in [2.05, 4.69) is 79.6 Å². The zero-order valence-corrected chi connectivity index (χ0v) is 14.4. The Morgan fingerprint density at radius 3 is 2.75 bits per heavy atom. The lowest BCUT2D eigenvalue weighted by atomic mass is 9.87. The molecule has 1 nitrogen and oxygen atoms in total. The summed E-state index contributed by atoms with van der Waals surface area (Å²) in [6.07, 6.45) is 3.73. The second-order valence-electron chi connectivity index (χ2n) is 5.27. The average Bonchev–Trinajstić information content (AvgIpc) is 2.48. The van der Waals surface area contributed by atoms with Gasteiger partial charge in [-0.15, -0.1) is 0 Å². The first-order chi connectivity index (χ1) is 9.74. The van der Waals surface area contributed by atoms with E-state index in [1.807, 2.05) is 0 Å². The molecule has 2 aromatic rings. The minimum absolute atomic E-state index is 0.488. The number of halogens is 2. The molecule has 0 saturated carbocycles. The molecule has 0 heterocycles. The zero-order chi connectivity index (χ0) is 13.9. The Bertz CT molecular complexity index is 610. The Balaban J connectivity index is 1.71. The van der Waals surface area contributed by atoms with Crippen LogP contribution < -0.4 is 5.32 Å². The van der Waals surface area contributed by atoms with Gasteiger partial charge in [0.25, 0.3) is 0 Å². The van der Waals surface area contributed by atoms with Gasteiger partial charge in [-0.1, -0.05) is 30.3 Å². The van der Waals surface area contributed by atoms with Gasteiger partial charge in [0.1, 0.15) is 0 Å². The Labute approximate surface area is 137 Å². The van der Waals surface area contributed by atoms with Gasteiger partial charge in [0.05, 0.1) is 0 Å². The number of fused-ring (bicyclic) bond motifs is 1. The molecule has 1 aliphatic rings. The van der Waals surface area contributed by atoms with E-state index in [1.165, 1.54) is 36.0 Å². The molecule has 0 saturated heterocycles. The highest BCUT2D eigenvalue weighted by Crippen LogP contribution is 2.30. The molecule has 2 aromatic carbocycles. The van der Waals surface area contributed by atoms with Crippen LogP contribution in [0.4, 0.5) is 0 Å². The first kappa shape index (κ1) is 14.3. The number of rotatable bonds is 3. The Morgan fingerprint density at radius 1 is 1.05 bits per heavy atom. The van der Waals surface area contributed by atoms with Crippen LogP contribution in [0.15, 0.2) is 51.4 Å². The third-order valence-electron chi connectivity index (χ3n) is 3.91. The van der Waals surface area contributed by atoms with Crippen molar-refractivity contribution < 1.29 is 0 Å². The predicted octanol–water partition coefficient (Wildman–Crippen LogP) is 5.38. The molecule has 104 valence electrons. The summed E-state index contributed by atoms with van der Waals surface area (Å²) in [6.45, 7) is 0.908. The minimum atomic E-state index is 0.488. The molecule has 3 rings (SSSR count). The van der Waals surface area contributed by atoms with Crippen molar-refractivity contribution in [2.24, 2.45) is 0 Å². The summed E-state index contributed by atoms with van der Waals surface area (Å²) in [4.78, 5) is 0. The van der Waals surface area contributed by atoms with Crippen molar-refractivity contribution in [3.8, 4) is 0 Å². The fourth-order valence-corrected chi connectivity index (χ4v) is 3.53. The summed E-state index contributed by atoms with van der Waals surface area (Å²) in [5.74, 6) is 0. The maximum absolute atomic E-state index is 3.70. The maximum atomic E-state index is 3.70. The molecule has 20 heavy (non-hydrogen) atoms. The first-order valence-corrected chi connectivity index (χ1v) is 8.58. The molecule has 0 aromatic heterocycles. The monoisotopic (exact) mass is 393 g/mol. The van der Waals surface area contributed by atoms with E-state index in [0.717, 1.165) is 15.5 Å². The molecule has 0 radical (unpaired) electrons. The van der Waals surface area contributed by atoms with Crippen LogP contribution in [-0.4, -0.2) is 0 Å². The van der Waals surface area contributed by atoms with E-state index < -0.39 is 0 Å². The summed E-state index contributed by atoms with van der Waals surface area (Å²) >= 11 is 7.07. The molecule has 0 amide bonds. The van der Waals surface area contributed by atoms with Crippen LogP contribution in [0.3, 0.4) is 0 Å². The third kappa shape index (κ3) is 3.16. The normalized spacial score (nSPS) is 17.8. The van der Waals surface area contributed by atoms with Crippen molar-refractivity contribution in [1.29, 1.82) is 0 Å². The van der Waals surface area contributed by atoms with Gasteiger partial charge in [-0.05, 0) is 79.9 Å². The maximum Gasteiger partial charge on any atom is 0.0326 e. The Kier molecular flexibility index (Phi) is 4.59. The quantitative estimate of drug-likeness (QED) is 0.736. The second-order valence-corrected chi connectivity index (χ2v) is 6.98. The molecular weight excluding hydrogens is 378 g/mol. The van der Waals surface area contributed by atoms with Gasteiger partial charge in [-0.25, -0.2) is 0 Å². The molecule has 0 spiro atoms. The molecule has 1 N–H and O–H groups in total. The smallest absolute Gasteiger partial charge is 0.0326 e. The van der Waals surface area contributed by atoms with Crippen molar-refractivity contribution >= 4 is 31.9 Å². The van der Waals surface area contributed by atoms with Crippen LogP contribution in [0.5, 0.6) is 0 Å². The first-order valence-electron chi connectivity index (χ1n) is 6.99. The van der Waals surface area contributed by atoms with Crippen molar-refractivity contribution in [3.63, 3.8) is 0 Å². The van der Waals surface area contributed by atoms with Gasteiger partial charge in [0.15, 0.2) is 0 Å². The average molecular weight is 395 g/mol. The number of aryl methyl sites for hydroxylation is 1. The van der Waals surface area contributed by atoms with Crippen molar-refractivity contribution in [3.05, 3.63) is 68.1 Å². The van der Waals surface area contributed by atoms with Crippen LogP contribution in [0.25, 0.3) is 0 Å². The van der Waals surface area contributed by atoms with Crippen LogP contribution >= 0.6 is 31.9 Å². The van der Waals surface area contributed by atoms with Gasteiger partial charge in [-0.3, -0.25) is 0 Å². The summed E-state index contributed by atoms with van der Waals surface area (Å²) in [5, 5.41) is 3.70. The molecular formula is C17H17Br2N. The molecule has 1 aliphatic carbocycles. The van der Waals surface area contributed by atoms with Crippen molar-refractivity contribution in [2.75, 3.05) is 0 Å². The summed E-state index contributed by atoms with van der Waals surface area (Å²) in [5.41, 5.74) is 4.30. The highest BCUT2D eigenvalue weighted by atomic mass is 79.9. The molecule has 0 bridgehead atoms. The van der Waals surface area contributed by atoms with Crippen LogP contribution in [0.2, 0.25) is 0 Å². The van der Waals surface area contributed by atoms with Crippen molar-refractivity contribution in [1.82, 2.24) is 5.32 Å². The Hall–Kier alpha value is -0.640. The lowest BCUT2D eigenvalue weighted by molar-refractivity contribution is 0.459. The highest BCUT2D eigenvalue weighted by molar-refractivity contribution is 9.13. The number of hydrogen-bond acceptors (Lipinski definition) is 1. The van der Waals surface area contributed by atoms with Gasteiger partial charge in [0, 0.05) is 21.5 Å². The summed E-state index contributed by atoms with van der Waals surface area (Å²) < 4.78 is 2.21. The summed E-state index contributed by atoms with van der Waals surface area (Å²) in [7, 11) is 0. The van der Waals surface area contributed by atoms with E-state index in [4.69, 9.17) is 0 Å². The minimum Gasteiger partial charge on any atom is -0.306 e.